The molecule has 1 aliphatic heterocycles. The summed E-state index contributed by atoms with van der Waals surface area (Å²) in [5.74, 6) is 0.188. The molecule has 1 aromatic heterocycles. The number of nitrogens with zero attached hydrogens (tertiary/aromatic N) is 3. The number of halogens is 2. The van der Waals surface area contributed by atoms with Gasteiger partial charge in [-0.2, -0.15) is 4.98 Å². The Morgan fingerprint density at radius 2 is 2.06 bits per heavy atom. The fraction of sp³-hybridized carbons (Fsp3) is 0.591. The second-order valence-electron chi connectivity index (χ2n) is 8.52. The van der Waals surface area contributed by atoms with Gasteiger partial charge < -0.3 is 19.5 Å². The molecular formula is C22H30F2N4O5S. The number of ether oxygens (including phenoxy) is 1. The number of carbonyl (C=O) groups excluding carboxylic acids is 1. The van der Waals surface area contributed by atoms with Crippen LogP contribution < -0.4 is 15.0 Å². The summed E-state index contributed by atoms with van der Waals surface area (Å²) in [5.41, 5.74) is 1.23. The first-order valence-electron chi connectivity index (χ1n) is 11.2. The van der Waals surface area contributed by atoms with Gasteiger partial charge in [-0.05, 0) is 62.3 Å². The van der Waals surface area contributed by atoms with E-state index in [4.69, 9.17) is 9.26 Å². The van der Waals surface area contributed by atoms with Gasteiger partial charge in [-0.1, -0.05) is 5.16 Å². The van der Waals surface area contributed by atoms with Crippen LogP contribution in [0.15, 0.2) is 22.7 Å². The van der Waals surface area contributed by atoms with Gasteiger partial charge in [-0.15, -0.1) is 0 Å². The normalized spacial score (nSPS) is 15.0. The number of hydrogen-bond acceptors (Lipinski definition) is 8. The molecule has 2 aromatic rings. The van der Waals surface area contributed by atoms with Gasteiger partial charge in [0, 0.05) is 31.5 Å². The first-order chi connectivity index (χ1) is 16.1. The van der Waals surface area contributed by atoms with Crippen molar-refractivity contribution >= 4 is 21.8 Å². The first-order valence-corrected chi connectivity index (χ1v) is 13.2. The van der Waals surface area contributed by atoms with Crippen molar-refractivity contribution in [1.29, 1.82) is 0 Å². The third-order valence-corrected chi connectivity index (χ3v) is 6.68. The Morgan fingerprint density at radius 1 is 1.32 bits per heavy atom. The van der Waals surface area contributed by atoms with E-state index in [0.717, 1.165) is 37.5 Å². The summed E-state index contributed by atoms with van der Waals surface area (Å²) in [6.07, 6.45) is 2.07. The molecule has 1 N–H and O–H groups in total. The second-order valence-corrected chi connectivity index (χ2v) is 10.8. The Labute approximate surface area is 197 Å². The lowest BCUT2D eigenvalue weighted by Gasteiger charge is -2.30. The van der Waals surface area contributed by atoms with Crippen LogP contribution in [0.3, 0.4) is 0 Å². The Morgan fingerprint density at radius 3 is 2.68 bits per heavy atom. The zero-order valence-corrected chi connectivity index (χ0v) is 20.1. The molecule has 34 heavy (non-hydrogen) atoms. The number of hydrogen-bond donors (Lipinski definition) is 1. The summed E-state index contributed by atoms with van der Waals surface area (Å²) >= 11 is 0. The number of amides is 1. The maximum Gasteiger partial charge on any atom is 0.324 e. The molecule has 12 heteroatoms. The average Bonchev–Trinajstić information content (AvgIpc) is 3.27. The van der Waals surface area contributed by atoms with Gasteiger partial charge in [0.2, 0.25) is 5.82 Å². The van der Waals surface area contributed by atoms with Crippen LogP contribution >= 0.6 is 0 Å². The van der Waals surface area contributed by atoms with Crippen molar-refractivity contribution in [3.05, 3.63) is 35.2 Å². The van der Waals surface area contributed by atoms with E-state index in [-0.39, 0.29) is 24.2 Å². The summed E-state index contributed by atoms with van der Waals surface area (Å²) in [6, 6.07) is 5.35. The Bertz CT molecular complexity index is 1070. The Kier molecular flexibility index (Phi) is 8.81. The number of aromatic nitrogens is 2. The molecule has 0 bridgehead atoms. The highest BCUT2D eigenvalue weighted by Crippen LogP contribution is 2.27. The molecule has 188 valence electrons. The molecule has 0 atom stereocenters. The number of piperidine rings is 1. The van der Waals surface area contributed by atoms with E-state index in [1.165, 1.54) is 0 Å². The Hall–Kier alpha value is -2.76. The predicted molar refractivity (Wildman–Crippen MR) is 122 cm³/mol. The lowest BCUT2D eigenvalue weighted by molar-refractivity contribution is 0.0955. The maximum atomic E-state index is 12.6. The van der Waals surface area contributed by atoms with E-state index in [1.807, 2.05) is 4.90 Å². The van der Waals surface area contributed by atoms with E-state index >= 15 is 0 Å². The molecular weight excluding hydrogens is 470 g/mol. The molecule has 0 unspecified atom stereocenters. The fourth-order valence-electron chi connectivity index (χ4n) is 3.84. The number of anilines is 1. The molecule has 9 nitrogen and oxygen atoms in total. The second kappa shape index (κ2) is 11.6. The lowest BCUT2D eigenvalue weighted by Crippen LogP contribution is -2.34. The smallest absolute Gasteiger partial charge is 0.324 e. The van der Waals surface area contributed by atoms with Crippen LogP contribution in [0.25, 0.3) is 0 Å². The zero-order chi connectivity index (χ0) is 24.7. The molecule has 0 spiro atoms. The van der Waals surface area contributed by atoms with Crippen molar-refractivity contribution in [3.63, 3.8) is 0 Å². The van der Waals surface area contributed by atoms with Crippen LogP contribution in [0, 0.1) is 12.8 Å². The number of benzene rings is 1. The SMILES string of the molecule is Cc1cc(OCCCC2CCN(c3nc(C(F)F)no3)CC2)ccc1C(=O)NCCS(C)(=O)=O. The van der Waals surface area contributed by atoms with Crippen LogP contribution in [0.2, 0.25) is 0 Å². The van der Waals surface area contributed by atoms with Crippen molar-refractivity contribution in [2.45, 2.75) is 39.0 Å². The van der Waals surface area contributed by atoms with Crippen LogP contribution in [-0.2, 0) is 9.84 Å². The standard InChI is InChI=1S/C22H30F2N4O5S/c1-15-14-17(5-6-18(15)21(29)25-9-13-34(2,30)31)32-12-3-4-16-7-10-28(11-8-16)22-26-20(19(23)24)27-33-22/h5-6,14,16,19H,3-4,7-13H2,1-2H3,(H,25,29). The quantitative estimate of drug-likeness (QED) is 0.468. The largest absolute Gasteiger partial charge is 0.494 e. The molecule has 2 heterocycles. The third kappa shape index (κ3) is 7.64. The molecule has 1 aliphatic rings. The highest BCUT2D eigenvalue weighted by Gasteiger charge is 2.24. The molecule has 0 saturated carbocycles. The predicted octanol–water partition coefficient (Wildman–Crippen LogP) is 3.17. The zero-order valence-electron chi connectivity index (χ0n) is 19.3. The van der Waals surface area contributed by atoms with Crippen LogP contribution in [0.4, 0.5) is 14.8 Å². The minimum Gasteiger partial charge on any atom is -0.494 e. The van der Waals surface area contributed by atoms with Crippen molar-refractivity contribution < 1.29 is 31.3 Å². The van der Waals surface area contributed by atoms with Crippen molar-refractivity contribution in [1.82, 2.24) is 15.5 Å². The van der Waals surface area contributed by atoms with Gasteiger partial charge >= 0.3 is 12.4 Å². The number of nitrogens with one attached hydrogen (secondary N) is 1. The lowest BCUT2D eigenvalue weighted by atomic mass is 9.92. The van der Waals surface area contributed by atoms with Crippen LogP contribution in [-0.4, -0.2) is 62.7 Å². The van der Waals surface area contributed by atoms with Gasteiger partial charge in [0.15, 0.2) is 0 Å². The van der Waals surface area contributed by atoms with E-state index < -0.39 is 22.1 Å². The fourth-order valence-corrected chi connectivity index (χ4v) is 4.32. The minimum absolute atomic E-state index is 0.0694. The van der Waals surface area contributed by atoms with Gasteiger partial charge in [0.05, 0.1) is 12.4 Å². The van der Waals surface area contributed by atoms with Gasteiger partial charge in [0.25, 0.3) is 5.91 Å². The van der Waals surface area contributed by atoms with E-state index in [1.54, 1.807) is 25.1 Å². The van der Waals surface area contributed by atoms with E-state index in [0.29, 0.717) is 36.9 Å². The van der Waals surface area contributed by atoms with Crippen LogP contribution in [0.5, 0.6) is 5.75 Å². The van der Waals surface area contributed by atoms with E-state index in [2.05, 4.69) is 15.5 Å². The van der Waals surface area contributed by atoms with Gasteiger partial charge in [0.1, 0.15) is 15.6 Å². The number of sulfone groups is 1. The van der Waals surface area contributed by atoms with Crippen LogP contribution in [0.1, 0.15) is 53.9 Å². The van der Waals surface area contributed by atoms with Gasteiger partial charge in [-0.25, -0.2) is 17.2 Å². The molecule has 3 rings (SSSR count). The highest BCUT2D eigenvalue weighted by atomic mass is 32.2. The van der Waals surface area contributed by atoms with E-state index in [9.17, 15) is 22.0 Å². The summed E-state index contributed by atoms with van der Waals surface area (Å²) in [6.45, 7) is 3.79. The number of alkyl halides is 2. The number of rotatable bonds is 11. The summed E-state index contributed by atoms with van der Waals surface area (Å²) in [7, 11) is -3.13. The molecule has 1 aromatic carbocycles. The summed E-state index contributed by atoms with van der Waals surface area (Å²) < 4.78 is 58.3. The summed E-state index contributed by atoms with van der Waals surface area (Å²) in [4.78, 5) is 17.8. The van der Waals surface area contributed by atoms with Crippen molar-refractivity contribution in [2.75, 3.05) is 43.1 Å². The number of aryl methyl sites for hydroxylation is 1. The molecule has 1 saturated heterocycles. The summed E-state index contributed by atoms with van der Waals surface area (Å²) in [5, 5.41) is 5.92. The monoisotopic (exact) mass is 500 g/mol. The topological polar surface area (TPSA) is 115 Å². The maximum absolute atomic E-state index is 12.6. The Balaban J connectivity index is 1.36. The van der Waals surface area contributed by atoms with Crippen molar-refractivity contribution in [3.8, 4) is 5.75 Å². The number of carbonyl (C=O) groups is 1. The first kappa shape index (κ1) is 25.9. The minimum atomic E-state index is -3.13. The molecule has 0 radical (unpaired) electrons. The molecule has 0 aliphatic carbocycles. The third-order valence-electron chi connectivity index (χ3n) is 5.74. The molecule has 1 fully saturated rings. The van der Waals surface area contributed by atoms with Gasteiger partial charge in [-0.3, -0.25) is 4.79 Å². The van der Waals surface area contributed by atoms with Crippen molar-refractivity contribution in [2.24, 2.45) is 5.92 Å². The average molecular weight is 501 g/mol. The molecule has 1 amide bonds. The highest BCUT2D eigenvalue weighted by molar-refractivity contribution is 7.90.